The van der Waals surface area contributed by atoms with E-state index in [1.54, 1.807) is 0 Å². The first kappa shape index (κ1) is 74.2. The summed E-state index contributed by atoms with van der Waals surface area (Å²) in [6.07, 6.45) is 72.3. The second kappa shape index (κ2) is 57.9. The van der Waals surface area contributed by atoms with Gasteiger partial charge in [0.15, 0.2) is 6.10 Å². The molecule has 0 amide bonds. The van der Waals surface area contributed by atoms with Crippen molar-refractivity contribution in [3.05, 3.63) is 36.5 Å². The van der Waals surface area contributed by atoms with Crippen LogP contribution in [0.1, 0.15) is 322 Å². The van der Waals surface area contributed by atoms with Gasteiger partial charge in [-0.1, -0.05) is 294 Å². The summed E-state index contributed by atoms with van der Waals surface area (Å²) in [5.74, 6) is -0.778. The first-order valence-corrected chi connectivity index (χ1v) is 34.2. The molecule has 2 atom stereocenters. The van der Waals surface area contributed by atoms with Crippen molar-refractivity contribution in [1.29, 1.82) is 0 Å². The molecule has 10 heteroatoms. The highest BCUT2D eigenvalue weighted by Crippen LogP contribution is 2.43. The molecular formula is C66H127NO8P+. The third-order valence-electron chi connectivity index (χ3n) is 14.7. The molecule has 76 heavy (non-hydrogen) atoms. The number of hydrogen-bond acceptors (Lipinski definition) is 7. The Labute approximate surface area is 471 Å². The van der Waals surface area contributed by atoms with Gasteiger partial charge in [-0.3, -0.25) is 18.6 Å². The molecule has 448 valence electrons. The smallest absolute Gasteiger partial charge is 0.462 e. The van der Waals surface area contributed by atoms with Crippen molar-refractivity contribution in [3.63, 3.8) is 0 Å². The minimum atomic E-state index is -4.39. The fourth-order valence-corrected chi connectivity index (χ4v) is 10.4. The number of phosphoric ester groups is 1. The maximum Gasteiger partial charge on any atom is 0.472 e. The lowest BCUT2D eigenvalue weighted by molar-refractivity contribution is -0.870. The van der Waals surface area contributed by atoms with Gasteiger partial charge in [-0.05, 0) is 51.4 Å². The molecule has 9 nitrogen and oxygen atoms in total. The van der Waals surface area contributed by atoms with Crippen LogP contribution in [0.15, 0.2) is 36.5 Å². The first-order valence-electron chi connectivity index (χ1n) is 32.7. The Morgan fingerprint density at radius 2 is 0.711 bits per heavy atom. The van der Waals surface area contributed by atoms with Crippen molar-refractivity contribution in [3.8, 4) is 0 Å². The van der Waals surface area contributed by atoms with Gasteiger partial charge in [0.2, 0.25) is 0 Å². The van der Waals surface area contributed by atoms with E-state index in [-0.39, 0.29) is 25.6 Å². The first-order chi connectivity index (χ1) is 37.0. The van der Waals surface area contributed by atoms with Gasteiger partial charge < -0.3 is 18.9 Å². The number of nitrogens with zero attached hydrogens (tertiary/aromatic N) is 1. The molecule has 0 fully saturated rings. The summed E-state index contributed by atoms with van der Waals surface area (Å²) in [6, 6.07) is 0. The Balaban J connectivity index is 4.04. The largest absolute Gasteiger partial charge is 0.472 e. The zero-order chi connectivity index (χ0) is 55.6. The molecule has 0 aliphatic carbocycles. The van der Waals surface area contributed by atoms with Gasteiger partial charge in [-0.2, -0.15) is 0 Å². The number of likely N-dealkylation sites (N-methyl/N-ethyl adjacent to an activating group) is 1. The van der Waals surface area contributed by atoms with Crippen molar-refractivity contribution in [2.45, 2.75) is 328 Å². The summed E-state index contributed by atoms with van der Waals surface area (Å²) in [6.45, 7) is 4.48. The van der Waals surface area contributed by atoms with Crippen molar-refractivity contribution in [1.82, 2.24) is 0 Å². The maximum absolute atomic E-state index is 12.9. The second-order valence-corrected chi connectivity index (χ2v) is 25.0. The van der Waals surface area contributed by atoms with Gasteiger partial charge in [-0.15, -0.1) is 0 Å². The summed E-state index contributed by atoms with van der Waals surface area (Å²) in [5.41, 5.74) is 0. The SMILES string of the molecule is CCCCCCC/C=C\C/C=C\C/C=C\CCCCCCCCCCCCCCCCCCC(=O)OC(COC(=O)CCCCCCCCCCCCCCCCCCCCCCC)COP(=O)(O)OCC[N+](C)(C)C. The molecule has 0 heterocycles. The van der Waals surface area contributed by atoms with Crippen LogP contribution < -0.4 is 0 Å². The number of rotatable bonds is 61. The van der Waals surface area contributed by atoms with E-state index in [0.29, 0.717) is 23.9 Å². The fourth-order valence-electron chi connectivity index (χ4n) is 9.61. The fraction of sp³-hybridized carbons (Fsp3) is 0.879. The van der Waals surface area contributed by atoms with Crippen LogP contribution in [-0.4, -0.2) is 74.9 Å². The van der Waals surface area contributed by atoms with Crippen LogP contribution in [0, 0.1) is 0 Å². The predicted octanol–water partition coefficient (Wildman–Crippen LogP) is 20.7. The standard InChI is InChI=1S/C66H126NO8P/c1-6-8-10-12-14-16-18-20-22-24-26-28-29-30-31-32-33-34-35-36-37-39-41-43-45-47-49-51-53-55-57-59-66(69)75-64(63-74-76(70,71)73-61-60-67(3,4)5)62-72-65(68)58-56-54-52-50-48-46-44-42-40-38-27-25-23-21-19-17-15-13-11-9-7-2/h18,20,24,26,29-30,64H,6-17,19,21-23,25,27-28,31-63H2,1-5H3/p+1/b20-18-,26-24-,30-29-. The highest BCUT2D eigenvalue weighted by Gasteiger charge is 2.27. The lowest BCUT2D eigenvalue weighted by Gasteiger charge is -2.24. The van der Waals surface area contributed by atoms with Crippen LogP contribution in [0.2, 0.25) is 0 Å². The number of hydrogen-bond donors (Lipinski definition) is 1. The number of phosphoric acid groups is 1. The molecule has 0 aliphatic rings. The number of carbonyl (C=O) groups is 2. The summed E-state index contributed by atoms with van der Waals surface area (Å²) in [5, 5.41) is 0. The average Bonchev–Trinajstić information content (AvgIpc) is 3.38. The van der Waals surface area contributed by atoms with E-state index in [1.807, 2.05) is 21.1 Å². The molecule has 0 bridgehead atoms. The number of unbranched alkanes of at least 4 members (excludes halogenated alkanes) is 41. The molecule has 1 N–H and O–H groups in total. The third kappa shape index (κ3) is 61.4. The van der Waals surface area contributed by atoms with Gasteiger partial charge in [0.1, 0.15) is 19.8 Å². The number of carbonyl (C=O) groups excluding carboxylic acids is 2. The van der Waals surface area contributed by atoms with Gasteiger partial charge in [0.25, 0.3) is 0 Å². The monoisotopic (exact) mass is 1090 g/mol. The minimum Gasteiger partial charge on any atom is -0.462 e. The summed E-state index contributed by atoms with van der Waals surface area (Å²) in [7, 11) is 1.49. The Kier molecular flexibility index (Phi) is 56.6. The van der Waals surface area contributed by atoms with E-state index in [9.17, 15) is 19.0 Å². The molecule has 2 unspecified atom stereocenters. The highest BCUT2D eigenvalue weighted by atomic mass is 31.2. The van der Waals surface area contributed by atoms with E-state index < -0.39 is 26.5 Å². The Morgan fingerprint density at radius 3 is 1.05 bits per heavy atom. The molecule has 0 spiro atoms. The second-order valence-electron chi connectivity index (χ2n) is 23.5. The van der Waals surface area contributed by atoms with Crippen LogP contribution in [0.25, 0.3) is 0 Å². The normalized spacial score (nSPS) is 13.4. The Morgan fingerprint density at radius 1 is 0.408 bits per heavy atom. The zero-order valence-corrected chi connectivity index (χ0v) is 51.9. The van der Waals surface area contributed by atoms with Crippen molar-refractivity contribution >= 4 is 19.8 Å². The molecule has 0 aliphatic heterocycles. The van der Waals surface area contributed by atoms with E-state index in [0.717, 1.165) is 44.9 Å². The summed E-state index contributed by atoms with van der Waals surface area (Å²) >= 11 is 0. The van der Waals surface area contributed by atoms with Crippen molar-refractivity contribution in [2.24, 2.45) is 0 Å². The van der Waals surface area contributed by atoms with E-state index >= 15 is 0 Å². The average molecular weight is 1090 g/mol. The summed E-state index contributed by atoms with van der Waals surface area (Å²) in [4.78, 5) is 35.8. The molecule has 0 saturated carbocycles. The van der Waals surface area contributed by atoms with Crippen molar-refractivity contribution in [2.75, 3.05) is 47.5 Å². The molecule has 0 aromatic heterocycles. The van der Waals surface area contributed by atoms with E-state index in [1.165, 1.54) is 244 Å². The van der Waals surface area contributed by atoms with Gasteiger partial charge in [-0.25, -0.2) is 4.57 Å². The molecule has 0 radical (unpaired) electrons. The minimum absolute atomic E-state index is 0.0343. The third-order valence-corrected chi connectivity index (χ3v) is 15.7. The van der Waals surface area contributed by atoms with Gasteiger partial charge in [0.05, 0.1) is 27.7 Å². The zero-order valence-electron chi connectivity index (χ0n) is 51.0. The quantitative estimate of drug-likeness (QED) is 0.0211. The van der Waals surface area contributed by atoms with Gasteiger partial charge in [0, 0.05) is 12.8 Å². The van der Waals surface area contributed by atoms with Crippen LogP contribution in [0.4, 0.5) is 0 Å². The summed E-state index contributed by atoms with van der Waals surface area (Å²) < 4.78 is 34.7. The van der Waals surface area contributed by atoms with Crippen LogP contribution in [-0.2, 0) is 32.7 Å². The molecular weight excluding hydrogens is 966 g/mol. The lowest BCUT2D eigenvalue weighted by atomic mass is 10.0. The Hall–Kier alpha value is -1.77. The lowest BCUT2D eigenvalue weighted by Crippen LogP contribution is -2.37. The van der Waals surface area contributed by atoms with Crippen LogP contribution in [0.3, 0.4) is 0 Å². The highest BCUT2D eigenvalue weighted by molar-refractivity contribution is 7.47. The number of ether oxygens (including phenoxy) is 2. The number of quaternary nitrogens is 1. The van der Waals surface area contributed by atoms with Crippen LogP contribution >= 0.6 is 7.82 Å². The van der Waals surface area contributed by atoms with Crippen molar-refractivity contribution < 1.29 is 42.1 Å². The topological polar surface area (TPSA) is 108 Å². The van der Waals surface area contributed by atoms with Crippen LogP contribution in [0.5, 0.6) is 0 Å². The maximum atomic E-state index is 12.9. The van der Waals surface area contributed by atoms with E-state index in [4.69, 9.17) is 18.5 Å². The molecule has 0 rings (SSSR count). The molecule has 0 saturated heterocycles. The molecule has 0 aromatic rings. The molecule has 0 aromatic carbocycles. The predicted molar refractivity (Wildman–Crippen MR) is 326 cm³/mol. The number of esters is 2. The Bertz CT molecular complexity index is 1380. The van der Waals surface area contributed by atoms with E-state index in [2.05, 4.69) is 50.3 Å². The number of allylic oxidation sites excluding steroid dienone is 6. The van der Waals surface area contributed by atoms with Gasteiger partial charge >= 0.3 is 19.8 Å².